The van der Waals surface area contributed by atoms with Crippen molar-refractivity contribution in [1.29, 1.82) is 0 Å². The summed E-state index contributed by atoms with van der Waals surface area (Å²) in [6.45, 7) is 1.63. The lowest BCUT2D eigenvalue weighted by Crippen LogP contribution is -2.39. The van der Waals surface area contributed by atoms with Crippen LogP contribution in [0.4, 0.5) is 4.79 Å². The van der Waals surface area contributed by atoms with Gasteiger partial charge in [-0.15, -0.1) is 11.3 Å². The number of urea groups is 1. The van der Waals surface area contributed by atoms with Crippen LogP contribution in [-0.2, 0) is 24.7 Å². The second-order valence-electron chi connectivity index (χ2n) is 5.41. The fourth-order valence-corrected chi connectivity index (χ4v) is 4.82. The third-order valence-electron chi connectivity index (χ3n) is 3.80. The Hall–Kier alpha value is -1.87. The molecular formula is C14H16N4O3S2. The van der Waals surface area contributed by atoms with Crippen molar-refractivity contribution in [3.63, 3.8) is 0 Å². The highest BCUT2D eigenvalue weighted by Crippen LogP contribution is 2.35. The average Bonchev–Trinajstić information content (AvgIpc) is 3.03. The fourth-order valence-electron chi connectivity index (χ4n) is 2.65. The SMILES string of the molecule is C[C@H](Sc1nc2sc3c(c2c(=O)n1C)CCC3)C(=O)NC(N)=O. The van der Waals surface area contributed by atoms with Gasteiger partial charge in [-0.05, 0) is 31.7 Å². The molecule has 3 N–H and O–H groups in total. The van der Waals surface area contributed by atoms with Crippen molar-refractivity contribution in [3.8, 4) is 0 Å². The highest BCUT2D eigenvalue weighted by Gasteiger charge is 2.24. The van der Waals surface area contributed by atoms with Crippen LogP contribution in [0.2, 0.25) is 0 Å². The summed E-state index contributed by atoms with van der Waals surface area (Å²) in [5.74, 6) is -0.509. The number of thiophene rings is 1. The molecule has 23 heavy (non-hydrogen) atoms. The van der Waals surface area contributed by atoms with E-state index in [1.165, 1.54) is 9.44 Å². The Morgan fingerprint density at radius 3 is 2.87 bits per heavy atom. The third kappa shape index (κ3) is 2.86. The Morgan fingerprint density at radius 2 is 2.17 bits per heavy atom. The number of imide groups is 1. The predicted octanol–water partition coefficient (Wildman–Crippen LogP) is 1.16. The largest absolute Gasteiger partial charge is 0.351 e. The molecule has 2 heterocycles. The number of amides is 3. The van der Waals surface area contributed by atoms with Gasteiger partial charge in [0.05, 0.1) is 10.6 Å². The summed E-state index contributed by atoms with van der Waals surface area (Å²) in [6.07, 6.45) is 3.01. The van der Waals surface area contributed by atoms with Gasteiger partial charge in [-0.25, -0.2) is 9.78 Å². The summed E-state index contributed by atoms with van der Waals surface area (Å²) in [5.41, 5.74) is 5.99. The van der Waals surface area contributed by atoms with Gasteiger partial charge in [0.2, 0.25) is 5.91 Å². The Kier molecular flexibility index (Phi) is 4.15. The lowest BCUT2D eigenvalue weighted by Gasteiger charge is -2.12. The van der Waals surface area contributed by atoms with Gasteiger partial charge in [0.1, 0.15) is 4.83 Å². The first-order chi connectivity index (χ1) is 10.9. The van der Waals surface area contributed by atoms with E-state index in [9.17, 15) is 14.4 Å². The van der Waals surface area contributed by atoms with E-state index in [0.717, 1.165) is 41.4 Å². The number of aryl methyl sites for hydroxylation is 2. The lowest BCUT2D eigenvalue weighted by atomic mass is 10.2. The zero-order valence-corrected chi connectivity index (χ0v) is 14.3. The van der Waals surface area contributed by atoms with E-state index in [2.05, 4.69) is 4.98 Å². The van der Waals surface area contributed by atoms with Crippen LogP contribution in [0, 0.1) is 0 Å². The molecule has 0 bridgehead atoms. The van der Waals surface area contributed by atoms with Crippen molar-refractivity contribution in [1.82, 2.24) is 14.9 Å². The molecule has 1 aliphatic rings. The predicted molar refractivity (Wildman–Crippen MR) is 89.9 cm³/mol. The number of rotatable bonds is 3. The van der Waals surface area contributed by atoms with Crippen LogP contribution in [0.15, 0.2) is 9.95 Å². The van der Waals surface area contributed by atoms with Gasteiger partial charge in [-0.2, -0.15) is 0 Å². The first-order valence-corrected chi connectivity index (χ1v) is 8.86. The molecule has 7 nitrogen and oxygen atoms in total. The first kappa shape index (κ1) is 16.0. The molecule has 3 amide bonds. The maximum absolute atomic E-state index is 12.6. The summed E-state index contributed by atoms with van der Waals surface area (Å²) >= 11 is 2.69. The molecule has 0 unspecified atom stereocenters. The summed E-state index contributed by atoms with van der Waals surface area (Å²) in [5, 5.41) is 2.60. The molecular weight excluding hydrogens is 336 g/mol. The Balaban J connectivity index is 1.96. The van der Waals surface area contributed by atoms with Crippen LogP contribution in [0.3, 0.4) is 0 Å². The molecule has 1 atom stereocenters. The van der Waals surface area contributed by atoms with Crippen molar-refractivity contribution in [3.05, 3.63) is 20.8 Å². The average molecular weight is 352 g/mol. The van der Waals surface area contributed by atoms with E-state index < -0.39 is 17.2 Å². The zero-order valence-electron chi connectivity index (χ0n) is 12.7. The number of primary amides is 1. The van der Waals surface area contributed by atoms with Crippen LogP contribution in [0.1, 0.15) is 23.8 Å². The van der Waals surface area contributed by atoms with E-state index in [-0.39, 0.29) is 5.56 Å². The molecule has 0 aromatic carbocycles. The van der Waals surface area contributed by atoms with Crippen LogP contribution in [-0.4, -0.2) is 26.7 Å². The first-order valence-electron chi connectivity index (χ1n) is 7.16. The molecule has 1 aliphatic carbocycles. The molecule has 0 aliphatic heterocycles. The van der Waals surface area contributed by atoms with Crippen molar-refractivity contribution >= 4 is 45.3 Å². The van der Waals surface area contributed by atoms with Gasteiger partial charge in [0.15, 0.2) is 5.16 Å². The summed E-state index contributed by atoms with van der Waals surface area (Å²) in [7, 11) is 1.65. The lowest BCUT2D eigenvalue weighted by molar-refractivity contribution is -0.119. The number of nitrogens with one attached hydrogen (secondary N) is 1. The Morgan fingerprint density at radius 1 is 1.43 bits per heavy atom. The van der Waals surface area contributed by atoms with Crippen molar-refractivity contribution < 1.29 is 9.59 Å². The molecule has 0 saturated carbocycles. The van der Waals surface area contributed by atoms with E-state index in [1.807, 2.05) is 5.32 Å². The minimum absolute atomic E-state index is 0.0839. The highest BCUT2D eigenvalue weighted by atomic mass is 32.2. The fraction of sp³-hybridized carbons (Fsp3) is 0.429. The molecule has 0 saturated heterocycles. The maximum Gasteiger partial charge on any atom is 0.318 e. The number of carbonyl (C=O) groups is 2. The number of thioether (sulfide) groups is 1. The molecule has 0 spiro atoms. The number of nitrogens with zero attached hydrogens (tertiary/aromatic N) is 2. The van der Waals surface area contributed by atoms with Crippen LogP contribution in [0.25, 0.3) is 10.2 Å². The molecule has 122 valence electrons. The molecule has 2 aromatic heterocycles. The van der Waals surface area contributed by atoms with Gasteiger partial charge >= 0.3 is 6.03 Å². The second kappa shape index (κ2) is 5.97. The summed E-state index contributed by atoms with van der Waals surface area (Å²) < 4.78 is 1.46. The number of nitrogens with two attached hydrogens (primary N) is 1. The second-order valence-corrected chi connectivity index (χ2v) is 7.80. The van der Waals surface area contributed by atoms with Gasteiger partial charge in [0.25, 0.3) is 5.56 Å². The van der Waals surface area contributed by atoms with Gasteiger partial charge in [0, 0.05) is 11.9 Å². The maximum atomic E-state index is 12.6. The molecule has 3 rings (SSSR count). The smallest absolute Gasteiger partial charge is 0.318 e. The quantitative estimate of drug-likeness (QED) is 0.637. The summed E-state index contributed by atoms with van der Waals surface area (Å²) in [4.78, 5) is 41.7. The van der Waals surface area contributed by atoms with Crippen LogP contribution in [0.5, 0.6) is 0 Å². The Labute approximate surface area is 140 Å². The number of aromatic nitrogens is 2. The van der Waals surface area contributed by atoms with E-state index in [1.54, 1.807) is 25.3 Å². The van der Waals surface area contributed by atoms with Crippen molar-refractivity contribution in [2.45, 2.75) is 36.6 Å². The normalized spacial score (nSPS) is 14.7. The van der Waals surface area contributed by atoms with Gasteiger partial charge in [-0.1, -0.05) is 11.8 Å². The Bertz CT molecular complexity index is 871. The minimum Gasteiger partial charge on any atom is -0.351 e. The number of carbonyl (C=O) groups excluding carboxylic acids is 2. The number of hydrogen-bond donors (Lipinski definition) is 2. The highest BCUT2D eigenvalue weighted by molar-refractivity contribution is 8.00. The number of hydrogen-bond acceptors (Lipinski definition) is 6. The standard InChI is InChI=1S/C14H16N4O3S2/c1-6(10(19)16-13(15)21)22-14-17-11-9(12(20)18(14)2)7-4-3-5-8(7)23-11/h6H,3-5H2,1-2H3,(H3,15,16,19,21)/t6-/m0/s1. The van der Waals surface area contributed by atoms with Crippen molar-refractivity contribution in [2.75, 3.05) is 0 Å². The molecule has 9 heteroatoms. The third-order valence-corrected chi connectivity index (χ3v) is 6.13. The molecule has 0 radical (unpaired) electrons. The van der Waals surface area contributed by atoms with Crippen molar-refractivity contribution in [2.24, 2.45) is 12.8 Å². The zero-order chi connectivity index (χ0) is 16.7. The van der Waals surface area contributed by atoms with E-state index in [4.69, 9.17) is 5.73 Å². The van der Waals surface area contributed by atoms with Gasteiger partial charge in [-0.3, -0.25) is 19.5 Å². The monoisotopic (exact) mass is 352 g/mol. The van der Waals surface area contributed by atoms with Crippen LogP contribution < -0.4 is 16.6 Å². The number of fused-ring (bicyclic) bond motifs is 3. The molecule has 0 fully saturated rings. The molecule has 2 aromatic rings. The van der Waals surface area contributed by atoms with Gasteiger partial charge < -0.3 is 5.73 Å². The van der Waals surface area contributed by atoms with E-state index >= 15 is 0 Å². The van der Waals surface area contributed by atoms with E-state index in [0.29, 0.717) is 10.5 Å². The topological polar surface area (TPSA) is 107 Å². The van der Waals surface area contributed by atoms with Crippen LogP contribution >= 0.6 is 23.1 Å². The minimum atomic E-state index is -0.894. The summed E-state index contributed by atoms with van der Waals surface area (Å²) in [6, 6.07) is -0.894.